The average molecular weight is 360 g/mol. The van der Waals surface area contributed by atoms with Crippen molar-refractivity contribution in [3.63, 3.8) is 0 Å². The monoisotopic (exact) mass is 360 g/mol. The Hall–Kier alpha value is -3.26. The molecule has 2 N–H and O–H groups in total. The fourth-order valence-corrected chi connectivity index (χ4v) is 2.66. The fraction of sp³-hybridized carbons (Fsp3) is 0.273. The second kappa shape index (κ2) is 8.91. The van der Waals surface area contributed by atoms with Gasteiger partial charge in [-0.15, -0.1) is 0 Å². The topological polar surface area (TPSA) is 59.1 Å². The highest BCUT2D eigenvalue weighted by Crippen LogP contribution is 2.23. The lowest BCUT2D eigenvalue weighted by atomic mass is 10.0. The molecule has 0 radical (unpaired) electrons. The number of nitrogens with one attached hydrogen (secondary N) is 2. The molecule has 1 aromatic heterocycles. The van der Waals surface area contributed by atoms with E-state index in [1.807, 2.05) is 55.5 Å². The van der Waals surface area contributed by atoms with Gasteiger partial charge in [0.05, 0.1) is 5.92 Å². The van der Waals surface area contributed by atoms with Crippen LogP contribution in [0.5, 0.6) is 5.75 Å². The first kappa shape index (κ1) is 18.5. The maximum Gasteiger partial charge on any atom is 0.135 e. The summed E-state index contributed by atoms with van der Waals surface area (Å²) < 4.78 is 6.00. The number of benzene rings is 1. The maximum absolute atomic E-state index is 6.00. The first-order valence-corrected chi connectivity index (χ1v) is 9.13. The van der Waals surface area contributed by atoms with Gasteiger partial charge in [0, 0.05) is 17.5 Å². The van der Waals surface area contributed by atoms with Crippen LogP contribution in [-0.4, -0.2) is 16.1 Å². The molecule has 1 aliphatic carbocycles. The van der Waals surface area contributed by atoms with Crippen molar-refractivity contribution in [3.8, 4) is 17.6 Å². The number of allylic oxidation sites excluding steroid dienone is 3. The van der Waals surface area contributed by atoms with Crippen LogP contribution in [0.15, 0.2) is 60.6 Å². The largest absolute Gasteiger partial charge is 0.485 e. The van der Waals surface area contributed by atoms with E-state index < -0.39 is 0 Å². The number of aromatic nitrogens is 2. The van der Waals surface area contributed by atoms with Crippen LogP contribution in [0.2, 0.25) is 0 Å². The van der Waals surface area contributed by atoms with Crippen molar-refractivity contribution in [1.82, 2.24) is 9.97 Å². The molecule has 0 fully saturated rings. The number of rotatable bonds is 7. The van der Waals surface area contributed by atoms with Crippen molar-refractivity contribution in [1.29, 1.82) is 0 Å². The van der Waals surface area contributed by atoms with Gasteiger partial charge in [0.25, 0.3) is 0 Å². The Bertz CT molecular complexity index is 891. The molecule has 0 bridgehead atoms. The first-order valence-electron chi connectivity index (χ1n) is 9.13. The van der Waals surface area contributed by atoms with Crippen LogP contribution in [0.1, 0.15) is 27.2 Å². The zero-order valence-electron chi connectivity index (χ0n) is 15.9. The molecule has 27 heavy (non-hydrogen) atoms. The highest BCUT2D eigenvalue weighted by Gasteiger charge is 2.15. The molecule has 1 aliphatic rings. The van der Waals surface area contributed by atoms with Gasteiger partial charge >= 0.3 is 0 Å². The molecule has 1 aromatic carbocycles. The van der Waals surface area contributed by atoms with E-state index in [2.05, 4.69) is 46.3 Å². The molecule has 1 unspecified atom stereocenters. The Morgan fingerprint density at radius 2 is 2.00 bits per heavy atom. The van der Waals surface area contributed by atoms with E-state index in [4.69, 9.17) is 4.74 Å². The number of nitrogens with zero attached hydrogens (tertiary/aromatic N) is 2. The predicted molar refractivity (Wildman–Crippen MR) is 110 cm³/mol. The van der Waals surface area contributed by atoms with Gasteiger partial charge < -0.3 is 15.4 Å². The second-order valence-electron chi connectivity index (χ2n) is 6.25. The molecular weight excluding hydrogens is 336 g/mol. The van der Waals surface area contributed by atoms with Gasteiger partial charge in [0.2, 0.25) is 0 Å². The molecule has 0 saturated heterocycles. The second-order valence-corrected chi connectivity index (χ2v) is 6.25. The lowest BCUT2D eigenvalue weighted by molar-refractivity contribution is 0.214. The van der Waals surface area contributed by atoms with Gasteiger partial charge in [-0.1, -0.05) is 24.8 Å². The summed E-state index contributed by atoms with van der Waals surface area (Å²) in [6, 6.07) is 9.71. The van der Waals surface area contributed by atoms with E-state index >= 15 is 0 Å². The summed E-state index contributed by atoms with van der Waals surface area (Å²) in [6.07, 6.45) is 8.34. The minimum atomic E-state index is -0.0139. The lowest BCUT2D eigenvalue weighted by Crippen LogP contribution is -2.22. The summed E-state index contributed by atoms with van der Waals surface area (Å²) >= 11 is 0. The van der Waals surface area contributed by atoms with Crippen LogP contribution >= 0.6 is 0 Å². The van der Waals surface area contributed by atoms with Crippen LogP contribution in [-0.2, 0) is 0 Å². The minimum absolute atomic E-state index is 0.0139. The highest BCUT2D eigenvalue weighted by atomic mass is 16.5. The molecule has 3 rings (SSSR count). The minimum Gasteiger partial charge on any atom is -0.485 e. The molecule has 0 amide bonds. The standard InChI is InChI=1S/C22H24N4O/c1-4-17(5-2)25-21-14-22(24-15-23-21)26-18-10-12-19(13-11-18)27-20-9-7-6-8-16(20)3/h4,7,9-16,20H,5H2,1-3H3,(H2,23,24,25,26)/b17-4+/t16?,20-/m0/s1. The molecule has 1 heterocycles. The van der Waals surface area contributed by atoms with Crippen LogP contribution < -0.4 is 15.4 Å². The van der Waals surface area contributed by atoms with E-state index in [9.17, 15) is 0 Å². The first-order chi connectivity index (χ1) is 13.2. The molecule has 0 spiro atoms. The Kier molecular flexibility index (Phi) is 6.11. The van der Waals surface area contributed by atoms with Gasteiger partial charge in [-0.3, -0.25) is 0 Å². The summed E-state index contributed by atoms with van der Waals surface area (Å²) in [7, 11) is 0. The number of hydrogen-bond acceptors (Lipinski definition) is 5. The summed E-state index contributed by atoms with van der Waals surface area (Å²) in [5.74, 6) is 8.59. The number of ether oxygens (including phenoxy) is 1. The molecule has 5 heteroatoms. The summed E-state index contributed by atoms with van der Waals surface area (Å²) in [5.41, 5.74) is 2.05. The molecule has 2 atom stereocenters. The third-order valence-electron chi connectivity index (χ3n) is 4.26. The molecular formula is C22H24N4O. The molecule has 2 aromatic rings. The highest BCUT2D eigenvalue weighted by molar-refractivity contribution is 5.60. The summed E-state index contributed by atoms with van der Waals surface area (Å²) in [5, 5.41) is 6.59. The van der Waals surface area contributed by atoms with E-state index in [1.54, 1.807) is 6.33 Å². The van der Waals surface area contributed by atoms with Gasteiger partial charge in [0.15, 0.2) is 0 Å². The van der Waals surface area contributed by atoms with E-state index in [0.29, 0.717) is 0 Å². The number of anilines is 3. The van der Waals surface area contributed by atoms with Gasteiger partial charge in [-0.2, -0.15) is 0 Å². The van der Waals surface area contributed by atoms with Crippen LogP contribution in [0.3, 0.4) is 0 Å². The quantitative estimate of drug-likeness (QED) is 0.688. The molecule has 0 saturated carbocycles. The molecule has 138 valence electrons. The van der Waals surface area contributed by atoms with Crippen LogP contribution in [0, 0.1) is 17.8 Å². The van der Waals surface area contributed by atoms with E-state index in [0.717, 1.165) is 35.2 Å². The summed E-state index contributed by atoms with van der Waals surface area (Å²) in [4.78, 5) is 8.54. The normalized spacial score (nSPS) is 18.4. The van der Waals surface area contributed by atoms with Crippen LogP contribution in [0.4, 0.5) is 17.3 Å². The van der Waals surface area contributed by atoms with Crippen molar-refractivity contribution < 1.29 is 4.74 Å². The smallest absolute Gasteiger partial charge is 0.135 e. The van der Waals surface area contributed by atoms with E-state index in [-0.39, 0.29) is 12.0 Å². The Morgan fingerprint density at radius 1 is 1.22 bits per heavy atom. The fourth-order valence-electron chi connectivity index (χ4n) is 2.66. The van der Waals surface area contributed by atoms with Crippen molar-refractivity contribution >= 4 is 17.3 Å². The zero-order valence-corrected chi connectivity index (χ0v) is 15.9. The van der Waals surface area contributed by atoms with Gasteiger partial charge in [0.1, 0.15) is 29.8 Å². The summed E-state index contributed by atoms with van der Waals surface area (Å²) in [6.45, 7) is 6.17. The van der Waals surface area contributed by atoms with Crippen molar-refractivity contribution in [3.05, 3.63) is 60.6 Å². The zero-order chi connectivity index (χ0) is 19.1. The predicted octanol–water partition coefficient (Wildman–Crippen LogP) is 4.90. The average Bonchev–Trinajstić information content (AvgIpc) is 2.70. The third-order valence-corrected chi connectivity index (χ3v) is 4.26. The Balaban J connectivity index is 1.63. The SMILES string of the molecule is C/C=C(\CC)Nc1cc(Nc2ccc(O[C@H]3C=CC#CC3C)cc2)ncn1. The lowest BCUT2D eigenvalue weighted by Gasteiger charge is -2.20. The van der Waals surface area contributed by atoms with Crippen LogP contribution in [0.25, 0.3) is 0 Å². The van der Waals surface area contributed by atoms with Gasteiger partial charge in [-0.05, 0) is 56.7 Å². The Morgan fingerprint density at radius 3 is 2.70 bits per heavy atom. The third kappa shape index (κ3) is 5.11. The number of hydrogen-bond donors (Lipinski definition) is 2. The maximum atomic E-state index is 6.00. The molecule has 5 nitrogen and oxygen atoms in total. The van der Waals surface area contributed by atoms with Crippen molar-refractivity contribution in [2.45, 2.75) is 33.3 Å². The van der Waals surface area contributed by atoms with Crippen molar-refractivity contribution in [2.24, 2.45) is 5.92 Å². The van der Waals surface area contributed by atoms with E-state index in [1.165, 1.54) is 0 Å². The Labute approximate surface area is 160 Å². The van der Waals surface area contributed by atoms with Gasteiger partial charge in [-0.25, -0.2) is 9.97 Å². The molecule has 0 aliphatic heterocycles. The van der Waals surface area contributed by atoms with Crippen molar-refractivity contribution in [2.75, 3.05) is 10.6 Å².